The van der Waals surface area contributed by atoms with E-state index in [0.717, 1.165) is 12.0 Å². The van der Waals surface area contributed by atoms with Gasteiger partial charge >= 0.3 is 0 Å². The molecular formula is C14H22N2O. The van der Waals surface area contributed by atoms with E-state index in [0.29, 0.717) is 13.1 Å². The van der Waals surface area contributed by atoms with Crippen LogP contribution in [0.5, 0.6) is 0 Å². The summed E-state index contributed by atoms with van der Waals surface area (Å²) >= 11 is 0. The molecule has 0 saturated heterocycles. The molecule has 1 amide bonds. The predicted molar refractivity (Wildman–Crippen MR) is 70.8 cm³/mol. The van der Waals surface area contributed by atoms with Crippen molar-refractivity contribution in [2.24, 2.45) is 5.73 Å². The molecular weight excluding hydrogens is 212 g/mol. The second-order valence-electron chi connectivity index (χ2n) is 4.86. The van der Waals surface area contributed by atoms with Crippen LogP contribution in [0.3, 0.4) is 0 Å². The summed E-state index contributed by atoms with van der Waals surface area (Å²) in [6.07, 6.45) is 0.840. The molecule has 3 heteroatoms. The first-order chi connectivity index (χ1) is 8.00. The molecule has 0 aromatic heterocycles. The Morgan fingerprint density at radius 3 is 2.41 bits per heavy atom. The SMILES string of the molecule is CN(CCCN)C(=O)C(C)(C)c1ccccc1. The average Bonchev–Trinajstić information content (AvgIpc) is 2.36. The van der Waals surface area contributed by atoms with Crippen LogP contribution in [0.15, 0.2) is 30.3 Å². The Balaban J connectivity index is 2.80. The summed E-state index contributed by atoms with van der Waals surface area (Å²) in [4.78, 5) is 14.1. The maximum atomic E-state index is 12.4. The zero-order chi connectivity index (χ0) is 12.9. The normalized spacial score (nSPS) is 11.3. The van der Waals surface area contributed by atoms with Crippen LogP contribution in [-0.2, 0) is 10.2 Å². The van der Waals surface area contributed by atoms with E-state index in [1.165, 1.54) is 0 Å². The van der Waals surface area contributed by atoms with Crippen molar-refractivity contribution < 1.29 is 4.79 Å². The maximum absolute atomic E-state index is 12.4. The minimum absolute atomic E-state index is 0.136. The molecule has 0 aliphatic heterocycles. The fourth-order valence-corrected chi connectivity index (χ4v) is 1.89. The first kappa shape index (κ1) is 13.7. The predicted octanol–water partition coefficient (Wildman–Crippen LogP) is 1.77. The van der Waals surface area contributed by atoms with Crippen molar-refractivity contribution in [2.45, 2.75) is 25.7 Å². The van der Waals surface area contributed by atoms with E-state index in [9.17, 15) is 4.79 Å². The van der Waals surface area contributed by atoms with E-state index >= 15 is 0 Å². The lowest BCUT2D eigenvalue weighted by Crippen LogP contribution is -2.42. The molecule has 0 aliphatic rings. The van der Waals surface area contributed by atoms with Gasteiger partial charge in [-0.25, -0.2) is 0 Å². The van der Waals surface area contributed by atoms with Gasteiger partial charge in [0.05, 0.1) is 5.41 Å². The molecule has 17 heavy (non-hydrogen) atoms. The minimum atomic E-state index is -0.482. The summed E-state index contributed by atoms with van der Waals surface area (Å²) in [5, 5.41) is 0. The molecule has 1 aromatic rings. The number of carbonyl (C=O) groups excluding carboxylic acids is 1. The van der Waals surface area contributed by atoms with Crippen LogP contribution >= 0.6 is 0 Å². The lowest BCUT2D eigenvalue weighted by molar-refractivity contribution is -0.134. The second-order valence-corrected chi connectivity index (χ2v) is 4.86. The maximum Gasteiger partial charge on any atom is 0.232 e. The van der Waals surface area contributed by atoms with Crippen molar-refractivity contribution in [3.05, 3.63) is 35.9 Å². The highest BCUT2D eigenvalue weighted by atomic mass is 16.2. The second kappa shape index (κ2) is 5.82. The lowest BCUT2D eigenvalue weighted by atomic mass is 9.83. The van der Waals surface area contributed by atoms with Gasteiger partial charge in [-0.05, 0) is 32.4 Å². The Labute approximate surface area is 104 Å². The average molecular weight is 234 g/mol. The van der Waals surface area contributed by atoms with Gasteiger partial charge in [0.25, 0.3) is 0 Å². The van der Waals surface area contributed by atoms with Gasteiger partial charge in [-0.3, -0.25) is 4.79 Å². The highest BCUT2D eigenvalue weighted by Gasteiger charge is 2.31. The van der Waals surface area contributed by atoms with Gasteiger partial charge in [0.2, 0.25) is 5.91 Å². The number of rotatable bonds is 5. The molecule has 0 bridgehead atoms. The number of nitrogens with two attached hydrogens (primary N) is 1. The summed E-state index contributed by atoms with van der Waals surface area (Å²) in [5.74, 6) is 0.136. The lowest BCUT2D eigenvalue weighted by Gasteiger charge is -2.29. The van der Waals surface area contributed by atoms with Gasteiger partial charge in [0.15, 0.2) is 0 Å². The Morgan fingerprint density at radius 1 is 1.29 bits per heavy atom. The molecule has 0 spiro atoms. The van der Waals surface area contributed by atoms with Gasteiger partial charge in [0, 0.05) is 13.6 Å². The molecule has 0 aliphatic carbocycles. The van der Waals surface area contributed by atoms with Crippen LogP contribution in [0, 0.1) is 0 Å². The largest absolute Gasteiger partial charge is 0.345 e. The van der Waals surface area contributed by atoms with Gasteiger partial charge in [0.1, 0.15) is 0 Å². The number of benzene rings is 1. The van der Waals surface area contributed by atoms with Crippen LogP contribution < -0.4 is 5.73 Å². The van der Waals surface area contributed by atoms with Crippen LogP contribution in [0.2, 0.25) is 0 Å². The quantitative estimate of drug-likeness (QED) is 0.844. The number of hydrogen-bond donors (Lipinski definition) is 1. The fourth-order valence-electron chi connectivity index (χ4n) is 1.89. The molecule has 0 radical (unpaired) electrons. The van der Waals surface area contributed by atoms with Crippen molar-refractivity contribution in [3.8, 4) is 0 Å². The van der Waals surface area contributed by atoms with Crippen LogP contribution in [-0.4, -0.2) is 30.9 Å². The van der Waals surface area contributed by atoms with Crippen molar-refractivity contribution in [3.63, 3.8) is 0 Å². The molecule has 0 fully saturated rings. The molecule has 0 heterocycles. The third-order valence-electron chi connectivity index (χ3n) is 3.07. The van der Waals surface area contributed by atoms with E-state index in [4.69, 9.17) is 5.73 Å². The highest BCUT2D eigenvalue weighted by Crippen LogP contribution is 2.25. The van der Waals surface area contributed by atoms with Gasteiger partial charge in [-0.15, -0.1) is 0 Å². The van der Waals surface area contributed by atoms with Gasteiger partial charge in [-0.2, -0.15) is 0 Å². The van der Waals surface area contributed by atoms with E-state index in [1.807, 2.05) is 51.2 Å². The molecule has 2 N–H and O–H groups in total. The Morgan fingerprint density at radius 2 is 1.88 bits per heavy atom. The van der Waals surface area contributed by atoms with Crippen molar-refractivity contribution >= 4 is 5.91 Å². The Hall–Kier alpha value is -1.35. The molecule has 0 atom stereocenters. The van der Waals surface area contributed by atoms with Gasteiger partial charge < -0.3 is 10.6 Å². The van der Waals surface area contributed by atoms with Gasteiger partial charge in [-0.1, -0.05) is 30.3 Å². The van der Waals surface area contributed by atoms with Crippen molar-refractivity contribution in [1.29, 1.82) is 0 Å². The number of likely N-dealkylation sites (N-methyl/N-ethyl adjacent to an activating group) is 1. The topological polar surface area (TPSA) is 46.3 Å². The molecule has 94 valence electrons. The minimum Gasteiger partial charge on any atom is -0.345 e. The highest BCUT2D eigenvalue weighted by molar-refractivity contribution is 5.87. The van der Waals surface area contributed by atoms with E-state index < -0.39 is 5.41 Å². The third kappa shape index (κ3) is 3.30. The third-order valence-corrected chi connectivity index (χ3v) is 3.07. The first-order valence-corrected chi connectivity index (χ1v) is 6.01. The van der Waals surface area contributed by atoms with Crippen molar-refractivity contribution in [2.75, 3.05) is 20.1 Å². The first-order valence-electron chi connectivity index (χ1n) is 6.01. The molecule has 0 saturated carbocycles. The summed E-state index contributed by atoms with van der Waals surface area (Å²) in [5.41, 5.74) is 6.02. The van der Waals surface area contributed by atoms with Crippen molar-refractivity contribution in [1.82, 2.24) is 4.90 Å². The zero-order valence-corrected chi connectivity index (χ0v) is 10.9. The molecule has 1 rings (SSSR count). The van der Waals surface area contributed by atoms with E-state index in [-0.39, 0.29) is 5.91 Å². The Kier molecular flexibility index (Phi) is 4.70. The smallest absolute Gasteiger partial charge is 0.232 e. The summed E-state index contributed by atoms with van der Waals surface area (Å²) in [7, 11) is 1.84. The number of amides is 1. The fraction of sp³-hybridized carbons (Fsp3) is 0.500. The molecule has 1 aromatic carbocycles. The number of carbonyl (C=O) groups is 1. The molecule has 0 unspecified atom stereocenters. The summed E-state index contributed by atoms with van der Waals surface area (Å²) in [6, 6.07) is 9.88. The van der Waals surface area contributed by atoms with Crippen LogP contribution in [0.4, 0.5) is 0 Å². The van der Waals surface area contributed by atoms with Crippen LogP contribution in [0.1, 0.15) is 25.8 Å². The monoisotopic (exact) mass is 234 g/mol. The Bertz CT molecular complexity index is 360. The number of nitrogens with zero attached hydrogens (tertiary/aromatic N) is 1. The summed E-state index contributed by atoms with van der Waals surface area (Å²) < 4.78 is 0. The summed E-state index contributed by atoms with van der Waals surface area (Å²) in [6.45, 7) is 5.25. The number of hydrogen-bond acceptors (Lipinski definition) is 2. The van der Waals surface area contributed by atoms with E-state index in [1.54, 1.807) is 4.90 Å². The van der Waals surface area contributed by atoms with Crippen LogP contribution in [0.25, 0.3) is 0 Å². The molecule has 3 nitrogen and oxygen atoms in total. The standard InChI is InChI=1S/C14H22N2O/c1-14(2,12-8-5-4-6-9-12)13(17)16(3)11-7-10-15/h4-6,8-9H,7,10-11,15H2,1-3H3. The zero-order valence-electron chi connectivity index (χ0n) is 10.9. The van der Waals surface area contributed by atoms with E-state index in [2.05, 4.69) is 0 Å².